The van der Waals surface area contributed by atoms with Gasteiger partial charge in [0, 0.05) is 39.3 Å². The molecule has 0 aromatic heterocycles. The molecule has 2 atom stereocenters. The molecule has 1 N–H and O–H groups in total. The number of hydrogen-bond donors (Lipinski definition) is 1. The second-order valence-corrected chi connectivity index (χ2v) is 6.41. The van der Waals surface area contributed by atoms with E-state index in [4.69, 9.17) is 4.74 Å². The van der Waals surface area contributed by atoms with Crippen LogP contribution in [0.4, 0.5) is 0 Å². The third-order valence-electron chi connectivity index (χ3n) is 4.83. The summed E-state index contributed by atoms with van der Waals surface area (Å²) < 4.78 is 5.59. The Kier molecular flexibility index (Phi) is 9.75. The van der Waals surface area contributed by atoms with Crippen molar-refractivity contribution in [1.82, 2.24) is 15.1 Å². The smallest absolute Gasteiger partial charge is 0.242 e. The van der Waals surface area contributed by atoms with E-state index in [1.54, 1.807) is 0 Å². The van der Waals surface area contributed by atoms with Crippen molar-refractivity contribution in [2.75, 3.05) is 45.9 Å². The normalized spacial score (nSPS) is 24.1. The van der Waals surface area contributed by atoms with E-state index in [-0.39, 0.29) is 42.9 Å². The van der Waals surface area contributed by atoms with Crippen LogP contribution in [0.1, 0.15) is 12.5 Å². The molecule has 0 bridgehead atoms. The van der Waals surface area contributed by atoms with Crippen LogP contribution in [0.25, 0.3) is 0 Å². The molecule has 0 saturated carbocycles. The number of carbonyl (C=O) groups excluding carboxylic acids is 1. The number of ether oxygens (including phenoxy) is 1. The summed E-state index contributed by atoms with van der Waals surface area (Å²) in [5, 5.41) is 3.29. The van der Waals surface area contributed by atoms with Crippen molar-refractivity contribution < 1.29 is 9.53 Å². The highest BCUT2D eigenvalue weighted by molar-refractivity contribution is 5.85. The van der Waals surface area contributed by atoms with E-state index < -0.39 is 0 Å². The minimum atomic E-state index is -0.181. The van der Waals surface area contributed by atoms with Gasteiger partial charge in [-0.05, 0) is 18.9 Å². The van der Waals surface area contributed by atoms with E-state index in [1.165, 1.54) is 5.56 Å². The van der Waals surface area contributed by atoms with Gasteiger partial charge in [0.2, 0.25) is 5.91 Å². The summed E-state index contributed by atoms with van der Waals surface area (Å²) in [7, 11) is 0. The maximum atomic E-state index is 12.6. The van der Waals surface area contributed by atoms with Gasteiger partial charge in [-0.25, -0.2) is 0 Å². The van der Waals surface area contributed by atoms with Gasteiger partial charge in [-0.2, -0.15) is 0 Å². The Labute approximate surface area is 162 Å². The second-order valence-electron chi connectivity index (χ2n) is 6.41. The van der Waals surface area contributed by atoms with Crippen LogP contribution in [-0.4, -0.2) is 73.7 Å². The Morgan fingerprint density at radius 2 is 1.84 bits per heavy atom. The van der Waals surface area contributed by atoms with Crippen molar-refractivity contribution in [2.24, 2.45) is 0 Å². The number of halogens is 2. The van der Waals surface area contributed by atoms with Crippen molar-refractivity contribution >= 4 is 30.7 Å². The van der Waals surface area contributed by atoms with Gasteiger partial charge in [0.1, 0.15) is 6.04 Å². The van der Waals surface area contributed by atoms with Gasteiger partial charge in [-0.3, -0.25) is 9.69 Å². The lowest BCUT2D eigenvalue weighted by atomic mass is 10.1. The molecule has 0 unspecified atom stereocenters. The predicted octanol–water partition coefficient (Wildman–Crippen LogP) is 1.59. The number of morpholine rings is 1. The highest BCUT2D eigenvalue weighted by Crippen LogP contribution is 2.11. The first-order chi connectivity index (χ1) is 11.2. The first-order valence-corrected chi connectivity index (χ1v) is 8.64. The number of carbonyl (C=O) groups is 1. The zero-order valence-electron chi connectivity index (χ0n) is 14.7. The summed E-state index contributed by atoms with van der Waals surface area (Å²) in [6.45, 7) is 8.05. The van der Waals surface area contributed by atoms with Crippen molar-refractivity contribution in [3.05, 3.63) is 35.9 Å². The lowest BCUT2D eigenvalue weighted by Gasteiger charge is -2.38. The molecule has 2 saturated heterocycles. The van der Waals surface area contributed by atoms with Gasteiger partial charge in [-0.1, -0.05) is 30.3 Å². The Bertz CT molecular complexity index is 510. The van der Waals surface area contributed by atoms with Crippen molar-refractivity contribution in [3.63, 3.8) is 0 Å². The summed E-state index contributed by atoms with van der Waals surface area (Å²) in [5.74, 6) is 0.194. The minimum Gasteiger partial charge on any atom is -0.375 e. The number of benzene rings is 1. The molecule has 1 amide bonds. The van der Waals surface area contributed by atoms with E-state index in [2.05, 4.69) is 40.5 Å². The van der Waals surface area contributed by atoms with Crippen molar-refractivity contribution in [1.29, 1.82) is 0 Å². The molecule has 25 heavy (non-hydrogen) atoms. The van der Waals surface area contributed by atoms with Crippen LogP contribution in [0.15, 0.2) is 30.3 Å². The number of rotatable bonds is 4. The fourth-order valence-corrected chi connectivity index (χ4v) is 3.33. The quantitative estimate of drug-likeness (QED) is 0.848. The molecule has 7 heteroatoms. The molecule has 0 aliphatic carbocycles. The second kappa shape index (κ2) is 11.0. The average Bonchev–Trinajstić information content (AvgIpc) is 2.61. The highest BCUT2D eigenvalue weighted by atomic mass is 35.5. The monoisotopic (exact) mass is 389 g/mol. The average molecular weight is 390 g/mol. The van der Waals surface area contributed by atoms with E-state index in [1.807, 2.05) is 11.8 Å². The zero-order valence-corrected chi connectivity index (χ0v) is 16.4. The topological polar surface area (TPSA) is 44.8 Å². The Hall–Kier alpha value is -0.850. The molecular weight excluding hydrogens is 361 g/mol. The summed E-state index contributed by atoms with van der Waals surface area (Å²) in [6.07, 6.45) is 1.04. The molecule has 1 aromatic carbocycles. The molecular formula is C18H29Cl2N3O2. The van der Waals surface area contributed by atoms with Gasteiger partial charge in [0.05, 0.1) is 12.7 Å². The van der Waals surface area contributed by atoms with Gasteiger partial charge in [-0.15, -0.1) is 24.8 Å². The summed E-state index contributed by atoms with van der Waals surface area (Å²) >= 11 is 0. The Morgan fingerprint density at radius 3 is 2.48 bits per heavy atom. The van der Waals surface area contributed by atoms with Crippen LogP contribution < -0.4 is 5.32 Å². The lowest BCUT2D eigenvalue weighted by molar-refractivity contribution is -0.141. The number of amides is 1. The predicted molar refractivity (Wildman–Crippen MR) is 105 cm³/mol. The standard InChI is InChI=1S/C18H27N3O2.2ClH/c1-15-17(19-8-14-23-15)18(22)21-12-10-20(11-13-21)9-7-16-5-3-2-4-6-16;;/h2-6,15,17,19H,7-14H2,1H3;2*1H/t15-,17+;;/m1../s1. The molecule has 1 aromatic rings. The van der Waals surface area contributed by atoms with E-state index in [0.29, 0.717) is 6.61 Å². The summed E-state index contributed by atoms with van der Waals surface area (Å²) in [6, 6.07) is 10.4. The lowest BCUT2D eigenvalue weighted by Crippen LogP contribution is -2.59. The van der Waals surface area contributed by atoms with Crippen LogP contribution in [0.5, 0.6) is 0 Å². The summed E-state index contributed by atoms with van der Waals surface area (Å²) in [5.41, 5.74) is 1.38. The Morgan fingerprint density at radius 1 is 1.16 bits per heavy atom. The minimum absolute atomic E-state index is 0. The largest absolute Gasteiger partial charge is 0.375 e. The highest BCUT2D eigenvalue weighted by Gasteiger charge is 2.33. The number of nitrogens with zero attached hydrogens (tertiary/aromatic N) is 2. The first-order valence-electron chi connectivity index (χ1n) is 8.64. The van der Waals surface area contributed by atoms with Gasteiger partial charge in [0.15, 0.2) is 0 Å². The zero-order chi connectivity index (χ0) is 16.1. The van der Waals surface area contributed by atoms with Gasteiger partial charge < -0.3 is 15.0 Å². The molecule has 2 heterocycles. The van der Waals surface area contributed by atoms with Crippen LogP contribution in [0, 0.1) is 0 Å². The van der Waals surface area contributed by atoms with Crippen LogP contribution in [0.3, 0.4) is 0 Å². The molecule has 142 valence electrons. The SMILES string of the molecule is C[C@H]1OCCN[C@@H]1C(=O)N1CCN(CCc2ccccc2)CC1.Cl.Cl. The van der Waals surface area contributed by atoms with Crippen LogP contribution >= 0.6 is 24.8 Å². The third kappa shape index (κ3) is 6.12. The molecule has 2 aliphatic rings. The summed E-state index contributed by atoms with van der Waals surface area (Å²) in [4.78, 5) is 17.1. The van der Waals surface area contributed by atoms with E-state index in [0.717, 1.165) is 45.7 Å². The first kappa shape index (κ1) is 22.2. The molecule has 2 fully saturated rings. The van der Waals surface area contributed by atoms with Gasteiger partial charge in [0.25, 0.3) is 0 Å². The van der Waals surface area contributed by atoms with Crippen molar-refractivity contribution in [3.8, 4) is 0 Å². The van der Waals surface area contributed by atoms with Gasteiger partial charge >= 0.3 is 0 Å². The third-order valence-corrected chi connectivity index (χ3v) is 4.83. The Balaban J connectivity index is 0.00000156. The maximum absolute atomic E-state index is 12.6. The fraction of sp³-hybridized carbons (Fsp3) is 0.611. The molecule has 0 spiro atoms. The number of piperazine rings is 1. The van der Waals surface area contributed by atoms with Crippen molar-refractivity contribution in [2.45, 2.75) is 25.5 Å². The fourth-order valence-electron chi connectivity index (χ4n) is 3.33. The maximum Gasteiger partial charge on any atom is 0.242 e. The molecule has 5 nitrogen and oxygen atoms in total. The molecule has 3 rings (SSSR count). The van der Waals surface area contributed by atoms with Crippen LogP contribution in [-0.2, 0) is 16.0 Å². The number of nitrogens with one attached hydrogen (secondary N) is 1. The van der Waals surface area contributed by atoms with E-state index in [9.17, 15) is 4.79 Å². The molecule has 2 aliphatic heterocycles. The molecule has 0 radical (unpaired) electrons. The van der Waals surface area contributed by atoms with Crippen LogP contribution in [0.2, 0.25) is 0 Å². The van der Waals surface area contributed by atoms with E-state index >= 15 is 0 Å². The number of hydrogen-bond acceptors (Lipinski definition) is 4.